The topological polar surface area (TPSA) is 72.9 Å². The molecule has 0 radical (unpaired) electrons. The summed E-state index contributed by atoms with van der Waals surface area (Å²) >= 11 is 0. The predicted octanol–water partition coefficient (Wildman–Crippen LogP) is 1.56. The quantitative estimate of drug-likeness (QED) is 0.822. The van der Waals surface area contributed by atoms with Gasteiger partial charge >= 0.3 is 0 Å². The molecule has 0 saturated heterocycles. The van der Waals surface area contributed by atoms with Gasteiger partial charge in [-0.25, -0.2) is 0 Å². The molecule has 1 aromatic heterocycles. The van der Waals surface area contributed by atoms with Crippen LogP contribution in [-0.2, 0) is 7.05 Å². The van der Waals surface area contributed by atoms with Crippen LogP contribution in [0.2, 0.25) is 0 Å². The Bertz CT molecular complexity index is 545. The first-order chi connectivity index (χ1) is 8.09. The molecular formula is C12H14N4O. The van der Waals surface area contributed by atoms with Crippen molar-refractivity contribution in [1.29, 1.82) is 0 Å². The lowest BCUT2D eigenvalue weighted by Gasteiger charge is -2.04. The summed E-state index contributed by atoms with van der Waals surface area (Å²) in [6.07, 6.45) is 0. The van der Waals surface area contributed by atoms with E-state index in [1.807, 2.05) is 30.3 Å². The van der Waals surface area contributed by atoms with Crippen LogP contribution >= 0.6 is 0 Å². The summed E-state index contributed by atoms with van der Waals surface area (Å²) in [5, 5.41) is 6.89. The zero-order chi connectivity index (χ0) is 12.4. The van der Waals surface area contributed by atoms with Crippen molar-refractivity contribution in [3.63, 3.8) is 0 Å². The molecule has 1 aromatic carbocycles. The minimum absolute atomic E-state index is 0.237. The van der Waals surface area contributed by atoms with E-state index in [0.29, 0.717) is 17.1 Å². The standard InChI is InChI=1S/C12H14N4O/c1-8-10(11(13)16(2)15-8)12(17)14-9-6-4-3-5-7-9/h3-7H,13H2,1-2H3,(H,14,17). The van der Waals surface area contributed by atoms with Gasteiger partial charge in [-0.3, -0.25) is 9.48 Å². The third kappa shape index (κ3) is 2.13. The molecule has 1 heterocycles. The molecule has 0 bridgehead atoms. The number of hydrogen-bond acceptors (Lipinski definition) is 3. The summed E-state index contributed by atoms with van der Waals surface area (Å²) in [6, 6.07) is 9.24. The van der Waals surface area contributed by atoms with Gasteiger partial charge in [-0.2, -0.15) is 5.10 Å². The maximum Gasteiger partial charge on any atom is 0.261 e. The van der Waals surface area contributed by atoms with Crippen LogP contribution in [0.4, 0.5) is 11.5 Å². The summed E-state index contributed by atoms with van der Waals surface area (Å²) in [5.74, 6) is 0.134. The first kappa shape index (κ1) is 11.2. The van der Waals surface area contributed by atoms with E-state index in [-0.39, 0.29) is 5.91 Å². The summed E-state index contributed by atoms with van der Waals surface area (Å²) in [6.45, 7) is 1.76. The van der Waals surface area contributed by atoms with E-state index in [1.165, 1.54) is 4.68 Å². The highest BCUT2D eigenvalue weighted by Gasteiger charge is 2.17. The molecule has 0 fully saturated rings. The molecular weight excluding hydrogens is 216 g/mol. The second-order valence-electron chi connectivity index (χ2n) is 3.79. The van der Waals surface area contributed by atoms with E-state index in [9.17, 15) is 4.79 Å². The average Bonchev–Trinajstić information content (AvgIpc) is 2.54. The van der Waals surface area contributed by atoms with Crippen molar-refractivity contribution in [2.45, 2.75) is 6.92 Å². The Morgan fingerprint density at radius 1 is 1.35 bits per heavy atom. The fourth-order valence-corrected chi connectivity index (χ4v) is 1.67. The number of nitrogen functional groups attached to an aromatic ring is 1. The lowest BCUT2D eigenvalue weighted by molar-refractivity contribution is 0.102. The molecule has 0 aliphatic rings. The highest BCUT2D eigenvalue weighted by molar-refractivity contribution is 6.08. The minimum Gasteiger partial charge on any atom is -0.383 e. The lowest BCUT2D eigenvalue weighted by atomic mass is 10.2. The molecule has 2 aromatic rings. The van der Waals surface area contributed by atoms with Crippen LogP contribution in [0.5, 0.6) is 0 Å². The normalized spacial score (nSPS) is 10.2. The van der Waals surface area contributed by atoms with E-state index in [1.54, 1.807) is 14.0 Å². The van der Waals surface area contributed by atoms with Gasteiger partial charge in [0.1, 0.15) is 11.4 Å². The largest absolute Gasteiger partial charge is 0.383 e. The summed E-state index contributed by atoms with van der Waals surface area (Å²) in [7, 11) is 1.71. The van der Waals surface area contributed by atoms with Crippen LogP contribution in [0.3, 0.4) is 0 Å². The number of carbonyl (C=O) groups is 1. The Morgan fingerprint density at radius 2 is 2.00 bits per heavy atom. The second kappa shape index (κ2) is 4.29. The number of nitrogens with one attached hydrogen (secondary N) is 1. The minimum atomic E-state index is -0.237. The summed E-state index contributed by atoms with van der Waals surface area (Å²) in [5.41, 5.74) is 7.58. The third-order valence-electron chi connectivity index (χ3n) is 2.53. The van der Waals surface area contributed by atoms with Crippen LogP contribution in [0.1, 0.15) is 16.1 Å². The van der Waals surface area contributed by atoms with Crippen LogP contribution in [0, 0.1) is 6.92 Å². The van der Waals surface area contributed by atoms with Gasteiger partial charge in [0.15, 0.2) is 0 Å². The first-order valence-corrected chi connectivity index (χ1v) is 5.25. The molecule has 0 atom stereocenters. The highest BCUT2D eigenvalue weighted by atomic mass is 16.1. The maximum absolute atomic E-state index is 12.0. The molecule has 0 aliphatic carbocycles. The van der Waals surface area contributed by atoms with Gasteiger partial charge in [-0.1, -0.05) is 18.2 Å². The van der Waals surface area contributed by atoms with Crippen molar-refractivity contribution >= 4 is 17.4 Å². The Hall–Kier alpha value is -2.30. The zero-order valence-electron chi connectivity index (χ0n) is 9.77. The molecule has 2 rings (SSSR count). The van der Waals surface area contributed by atoms with Gasteiger partial charge in [0.05, 0.1) is 5.69 Å². The van der Waals surface area contributed by atoms with Crippen LogP contribution in [0.15, 0.2) is 30.3 Å². The van der Waals surface area contributed by atoms with Crippen molar-refractivity contribution in [2.24, 2.45) is 7.05 Å². The Balaban J connectivity index is 2.27. The molecule has 0 aliphatic heterocycles. The van der Waals surface area contributed by atoms with Crippen LogP contribution in [-0.4, -0.2) is 15.7 Å². The van der Waals surface area contributed by atoms with Crippen molar-refractivity contribution < 1.29 is 4.79 Å². The molecule has 3 N–H and O–H groups in total. The van der Waals surface area contributed by atoms with E-state index >= 15 is 0 Å². The summed E-state index contributed by atoms with van der Waals surface area (Å²) in [4.78, 5) is 12.0. The van der Waals surface area contributed by atoms with Gasteiger partial charge in [0.25, 0.3) is 5.91 Å². The van der Waals surface area contributed by atoms with Gasteiger partial charge in [0, 0.05) is 12.7 Å². The van der Waals surface area contributed by atoms with Crippen molar-refractivity contribution in [3.8, 4) is 0 Å². The first-order valence-electron chi connectivity index (χ1n) is 5.25. The number of aromatic nitrogens is 2. The number of para-hydroxylation sites is 1. The Labute approximate surface area is 99.2 Å². The molecule has 5 nitrogen and oxygen atoms in total. The fraction of sp³-hybridized carbons (Fsp3) is 0.167. The van der Waals surface area contributed by atoms with Crippen LogP contribution in [0.25, 0.3) is 0 Å². The summed E-state index contributed by atoms with van der Waals surface area (Å²) < 4.78 is 1.50. The van der Waals surface area contributed by atoms with Gasteiger partial charge in [-0.15, -0.1) is 0 Å². The third-order valence-corrected chi connectivity index (χ3v) is 2.53. The van der Waals surface area contributed by atoms with Gasteiger partial charge in [0.2, 0.25) is 0 Å². The van der Waals surface area contributed by atoms with Gasteiger partial charge in [-0.05, 0) is 19.1 Å². The fourth-order valence-electron chi connectivity index (χ4n) is 1.67. The number of nitrogens with zero attached hydrogens (tertiary/aromatic N) is 2. The molecule has 0 spiro atoms. The number of carbonyl (C=O) groups excluding carboxylic acids is 1. The van der Waals surface area contributed by atoms with Crippen molar-refractivity contribution in [3.05, 3.63) is 41.6 Å². The highest BCUT2D eigenvalue weighted by Crippen LogP contribution is 2.17. The van der Waals surface area contributed by atoms with E-state index in [0.717, 1.165) is 5.69 Å². The molecule has 17 heavy (non-hydrogen) atoms. The van der Waals surface area contributed by atoms with E-state index < -0.39 is 0 Å². The van der Waals surface area contributed by atoms with E-state index in [4.69, 9.17) is 5.73 Å². The van der Waals surface area contributed by atoms with Gasteiger partial charge < -0.3 is 11.1 Å². The average molecular weight is 230 g/mol. The smallest absolute Gasteiger partial charge is 0.261 e. The number of anilines is 2. The maximum atomic E-state index is 12.0. The molecule has 88 valence electrons. The number of nitrogens with two attached hydrogens (primary N) is 1. The molecule has 5 heteroatoms. The Morgan fingerprint density at radius 3 is 2.53 bits per heavy atom. The second-order valence-corrected chi connectivity index (χ2v) is 3.79. The molecule has 0 unspecified atom stereocenters. The molecule has 0 saturated carbocycles. The predicted molar refractivity (Wildman–Crippen MR) is 66.8 cm³/mol. The number of benzene rings is 1. The molecule has 1 amide bonds. The lowest BCUT2D eigenvalue weighted by Crippen LogP contribution is -2.14. The van der Waals surface area contributed by atoms with Crippen molar-refractivity contribution in [2.75, 3.05) is 11.1 Å². The van der Waals surface area contributed by atoms with Crippen molar-refractivity contribution in [1.82, 2.24) is 9.78 Å². The number of aryl methyl sites for hydroxylation is 2. The van der Waals surface area contributed by atoms with Crippen LogP contribution < -0.4 is 11.1 Å². The number of amides is 1. The monoisotopic (exact) mass is 230 g/mol. The zero-order valence-corrected chi connectivity index (χ0v) is 9.77. The number of rotatable bonds is 2. The Kier molecular flexibility index (Phi) is 2.82. The van der Waals surface area contributed by atoms with E-state index in [2.05, 4.69) is 10.4 Å². The SMILES string of the molecule is Cc1nn(C)c(N)c1C(=O)Nc1ccccc1. The number of hydrogen-bond donors (Lipinski definition) is 2.